The molecular formula is C23H19F3N4O6. The molecule has 1 aromatic heterocycles. The van der Waals surface area contributed by atoms with Crippen molar-refractivity contribution < 1.29 is 37.5 Å². The highest BCUT2D eigenvalue weighted by atomic mass is 19.4. The molecule has 0 saturated heterocycles. The van der Waals surface area contributed by atoms with Gasteiger partial charge in [0.25, 0.3) is 5.69 Å². The molecule has 188 valence electrons. The van der Waals surface area contributed by atoms with Crippen molar-refractivity contribution in [1.29, 1.82) is 0 Å². The quantitative estimate of drug-likeness (QED) is 0.214. The van der Waals surface area contributed by atoms with Crippen LogP contribution in [0.2, 0.25) is 0 Å². The van der Waals surface area contributed by atoms with Crippen LogP contribution < -0.4 is 10.5 Å². The molecule has 0 saturated carbocycles. The number of benzene rings is 2. The number of esters is 1. The molecule has 0 fully saturated rings. The summed E-state index contributed by atoms with van der Waals surface area (Å²) in [5, 5.41) is 25.2. The van der Waals surface area contributed by atoms with Gasteiger partial charge in [0.1, 0.15) is 11.4 Å². The second-order valence-corrected chi connectivity index (χ2v) is 8.04. The average molecular weight is 504 g/mol. The molecule has 36 heavy (non-hydrogen) atoms. The van der Waals surface area contributed by atoms with Crippen molar-refractivity contribution in [3.63, 3.8) is 0 Å². The monoisotopic (exact) mass is 504 g/mol. The van der Waals surface area contributed by atoms with E-state index >= 15 is 0 Å². The van der Waals surface area contributed by atoms with Crippen LogP contribution in [0.5, 0.6) is 5.75 Å². The van der Waals surface area contributed by atoms with E-state index in [-0.39, 0.29) is 47.6 Å². The maximum absolute atomic E-state index is 12.9. The molecule has 0 radical (unpaired) electrons. The Bertz CT molecular complexity index is 1370. The summed E-state index contributed by atoms with van der Waals surface area (Å²) in [6, 6.07) is 7.71. The number of rotatable bonds is 7. The Hall–Kier alpha value is -4.26. The fourth-order valence-electron chi connectivity index (χ4n) is 4.13. The number of nitro benzene ring substituents is 1. The van der Waals surface area contributed by atoms with E-state index in [1.807, 2.05) is 0 Å². The van der Waals surface area contributed by atoms with Gasteiger partial charge in [0, 0.05) is 35.4 Å². The topological polar surface area (TPSA) is 151 Å². The van der Waals surface area contributed by atoms with Crippen molar-refractivity contribution in [2.75, 3.05) is 6.54 Å². The number of carbonyl (C=O) groups excluding carboxylic acids is 1. The summed E-state index contributed by atoms with van der Waals surface area (Å²) < 4.78 is 44.9. The zero-order chi connectivity index (χ0) is 26.2. The first-order valence-electron chi connectivity index (χ1n) is 10.8. The number of aromatic carboxylic acids is 1. The van der Waals surface area contributed by atoms with Gasteiger partial charge in [-0.1, -0.05) is 0 Å². The van der Waals surface area contributed by atoms with Gasteiger partial charge in [-0.05, 0) is 61.2 Å². The summed E-state index contributed by atoms with van der Waals surface area (Å²) in [7, 11) is 0. The Morgan fingerprint density at radius 2 is 1.86 bits per heavy atom. The maximum Gasteiger partial charge on any atom is 0.491 e. The van der Waals surface area contributed by atoms with Gasteiger partial charge >= 0.3 is 18.1 Å². The predicted molar refractivity (Wildman–Crippen MR) is 119 cm³/mol. The molecule has 1 aliphatic rings. The molecule has 4 rings (SSSR count). The molecular weight excluding hydrogens is 485 g/mol. The van der Waals surface area contributed by atoms with Gasteiger partial charge in [-0.15, -0.1) is 0 Å². The fourth-order valence-corrected chi connectivity index (χ4v) is 4.13. The number of nitrogens with zero attached hydrogens (tertiary/aromatic N) is 3. The van der Waals surface area contributed by atoms with Gasteiger partial charge in [-0.25, -0.2) is 9.59 Å². The molecule has 13 heteroatoms. The number of alkyl halides is 3. The third-order valence-electron chi connectivity index (χ3n) is 5.76. The number of ether oxygens (including phenoxy) is 1. The summed E-state index contributed by atoms with van der Waals surface area (Å²) in [5.74, 6) is -3.97. The van der Waals surface area contributed by atoms with Crippen LogP contribution in [0, 0.1) is 10.1 Å². The highest BCUT2D eigenvalue weighted by Gasteiger charge is 2.42. The van der Waals surface area contributed by atoms with Crippen LogP contribution in [0.3, 0.4) is 0 Å². The predicted octanol–water partition coefficient (Wildman–Crippen LogP) is 3.74. The summed E-state index contributed by atoms with van der Waals surface area (Å²) >= 11 is 0. The summed E-state index contributed by atoms with van der Waals surface area (Å²) in [6.45, 7) is 0.579. The minimum absolute atomic E-state index is 0.00793. The number of halogens is 3. The number of aryl methyl sites for hydroxylation is 2. The first-order valence-corrected chi connectivity index (χ1v) is 10.8. The molecule has 1 aliphatic carbocycles. The lowest BCUT2D eigenvalue weighted by Gasteiger charge is -2.20. The van der Waals surface area contributed by atoms with Crippen LogP contribution in [0.4, 0.5) is 18.9 Å². The largest absolute Gasteiger partial charge is 0.491 e. The van der Waals surface area contributed by atoms with Crippen LogP contribution in [0.15, 0.2) is 36.4 Å². The highest BCUT2D eigenvalue weighted by molar-refractivity contribution is 5.92. The summed E-state index contributed by atoms with van der Waals surface area (Å²) in [6.07, 6.45) is -4.24. The van der Waals surface area contributed by atoms with Crippen LogP contribution in [0.1, 0.15) is 28.0 Å². The number of hydrogen-bond donors (Lipinski definition) is 2. The lowest BCUT2D eigenvalue weighted by atomic mass is 9.86. The Balaban J connectivity index is 1.89. The van der Waals surface area contributed by atoms with Gasteiger partial charge in [0.15, 0.2) is 0 Å². The van der Waals surface area contributed by atoms with Gasteiger partial charge < -0.3 is 15.6 Å². The Labute approximate surface area is 201 Å². The number of carbonyl (C=O) groups is 2. The highest BCUT2D eigenvalue weighted by Crippen LogP contribution is 2.42. The molecule has 3 N–H and O–H groups in total. The van der Waals surface area contributed by atoms with Crippen molar-refractivity contribution in [3.05, 3.63) is 63.3 Å². The van der Waals surface area contributed by atoms with Crippen molar-refractivity contribution in [1.82, 2.24) is 9.78 Å². The number of carboxylic acids is 1. The van der Waals surface area contributed by atoms with E-state index in [0.29, 0.717) is 35.3 Å². The summed E-state index contributed by atoms with van der Waals surface area (Å²) in [4.78, 5) is 34.0. The Morgan fingerprint density at radius 3 is 2.44 bits per heavy atom. The number of nitro groups is 1. The SMILES string of the molecule is NCCCn1nc2c(c1C(=O)O)CCc1cc(OC(=O)C(F)(F)F)c(-c3ccc([N+](=O)[O-])cc3)cc1-2. The third-order valence-corrected chi connectivity index (χ3v) is 5.76. The standard InChI is InChI=1S/C23H19F3N4O6/c24-23(25,26)22(33)36-18-10-13-4-7-15-19(28-29(9-1-8-27)20(15)21(31)32)17(13)11-16(18)12-2-5-14(6-3-12)30(34)35/h2-3,5-6,10-11H,1,4,7-9,27H2,(H,31,32). The molecule has 0 bridgehead atoms. The normalized spacial score (nSPS) is 12.6. The third kappa shape index (κ3) is 4.64. The fraction of sp³-hybridized carbons (Fsp3) is 0.261. The molecule has 0 aliphatic heterocycles. The smallest absolute Gasteiger partial charge is 0.477 e. The number of fused-ring (bicyclic) bond motifs is 3. The molecule has 2 aromatic carbocycles. The van der Waals surface area contributed by atoms with Gasteiger partial charge in [0.05, 0.1) is 10.6 Å². The molecule has 3 aromatic rings. The zero-order valence-corrected chi connectivity index (χ0v) is 18.5. The number of hydrogen-bond acceptors (Lipinski definition) is 7. The van der Waals surface area contributed by atoms with E-state index in [1.165, 1.54) is 41.1 Å². The Kier molecular flexibility index (Phi) is 6.50. The lowest BCUT2D eigenvalue weighted by molar-refractivity contribution is -0.384. The van der Waals surface area contributed by atoms with E-state index in [1.54, 1.807) is 0 Å². The number of carboxylic acid groups (broad SMARTS) is 1. The minimum atomic E-state index is -5.24. The first kappa shape index (κ1) is 24.9. The molecule has 0 unspecified atom stereocenters. The maximum atomic E-state index is 12.9. The first-order chi connectivity index (χ1) is 17.0. The van der Waals surface area contributed by atoms with Crippen molar-refractivity contribution in [2.45, 2.75) is 32.0 Å². The molecule has 1 heterocycles. The molecule has 0 spiro atoms. The van der Waals surface area contributed by atoms with Crippen molar-refractivity contribution >= 4 is 17.6 Å². The number of nitrogens with two attached hydrogens (primary N) is 1. The van der Waals surface area contributed by atoms with E-state index in [9.17, 15) is 38.0 Å². The van der Waals surface area contributed by atoms with Crippen LogP contribution in [-0.2, 0) is 24.2 Å². The number of non-ortho nitro benzene ring substituents is 1. The van der Waals surface area contributed by atoms with Crippen LogP contribution >= 0.6 is 0 Å². The number of aromatic nitrogens is 2. The van der Waals surface area contributed by atoms with Gasteiger partial charge in [0.2, 0.25) is 0 Å². The summed E-state index contributed by atoms with van der Waals surface area (Å²) in [5.41, 5.74) is 7.43. The molecule has 0 amide bonds. The van der Waals surface area contributed by atoms with Crippen molar-refractivity contribution in [3.8, 4) is 28.1 Å². The van der Waals surface area contributed by atoms with Crippen LogP contribution in [-0.4, -0.2) is 44.5 Å². The minimum Gasteiger partial charge on any atom is -0.477 e. The second kappa shape index (κ2) is 9.41. The van der Waals surface area contributed by atoms with E-state index in [4.69, 9.17) is 5.73 Å². The second-order valence-electron chi connectivity index (χ2n) is 8.04. The van der Waals surface area contributed by atoms with E-state index in [0.717, 1.165) is 0 Å². The Morgan fingerprint density at radius 1 is 1.17 bits per heavy atom. The van der Waals surface area contributed by atoms with E-state index < -0.39 is 23.0 Å². The molecule has 0 atom stereocenters. The van der Waals surface area contributed by atoms with Gasteiger partial charge in [-0.2, -0.15) is 18.3 Å². The lowest BCUT2D eigenvalue weighted by Crippen LogP contribution is -2.28. The zero-order valence-electron chi connectivity index (χ0n) is 18.5. The van der Waals surface area contributed by atoms with Crippen molar-refractivity contribution in [2.24, 2.45) is 5.73 Å². The van der Waals surface area contributed by atoms with Gasteiger partial charge in [-0.3, -0.25) is 14.8 Å². The molecule has 10 nitrogen and oxygen atoms in total. The van der Waals surface area contributed by atoms with Crippen LogP contribution in [0.25, 0.3) is 22.4 Å². The van der Waals surface area contributed by atoms with E-state index in [2.05, 4.69) is 9.84 Å². The average Bonchev–Trinajstić information content (AvgIpc) is 3.20.